The predicted octanol–water partition coefficient (Wildman–Crippen LogP) is 2.25. The minimum Gasteiger partial charge on any atom is -0.480 e. The van der Waals surface area contributed by atoms with Crippen molar-refractivity contribution < 1.29 is 28.9 Å². The Bertz CT molecular complexity index is 634. The number of carboxylic acids is 1. The van der Waals surface area contributed by atoms with Gasteiger partial charge in [0.15, 0.2) is 5.79 Å². The summed E-state index contributed by atoms with van der Waals surface area (Å²) in [6.45, 7) is 5.06. The molecule has 7 heteroatoms. The third-order valence-corrected chi connectivity index (χ3v) is 4.47. The summed E-state index contributed by atoms with van der Waals surface area (Å²) >= 11 is 0. The van der Waals surface area contributed by atoms with Crippen LogP contribution in [-0.4, -0.2) is 53.7 Å². The molecule has 2 saturated heterocycles. The first-order chi connectivity index (χ1) is 11.8. The van der Waals surface area contributed by atoms with E-state index in [4.69, 9.17) is 14.2 Å². The highest BCUT2D eigenvalue weighted by Gasteiger charge is 2.54. The maximum absolute atomic E-state index is 12.4. The molecule has 0 radical (unpaired) electrons. The van der Waals surface area contributed by atoms with Gasteiger partial charge in [-0.15, -0.1) is 0 Å². The van der Waals surface area contributed by atoms with E-state index in [-0.39, 0.29) is 25.0 Å². The summed E-state index contributed by atoms with van der Waals surface area (Å²) in [6.07, 6.45) is -0.580. The summed E-state index contributed by atoms with van der Waals surface area (Å²) in [5.41, 5.74) is 0.703. The van der Waals surface area contributed by atoms with Crippen molar-refractivity contribution >= 4 is 12.1 Å². The van der Waals surface area contributed by atoms with Crippen LogP contribution in [0.3, 0.4) is 0 Å². The maximum atomic E-state index is 12.4. The van der Waals surface area contributed by atoms with Crippen molar-refractivity contribution in [2.45, 2.75) is 38.7 Å². The SMILES string of the molecule is CC1(C)COC2(CC(C(=O)O)N(C(=O)OCc3ccccc3)C2)OC1. The standard InChI is InChI=1S/C18H23NO6/c1-17(2)11-24-18(25-12-17)8-14(15(20)21)19(10-18)16(22)23-9-13-6-4-3-5-7-13/h3-7,14H,8-12H2,1-2H3,(H,20,21). The van der Waals surface area contributed by atoms with Crippen LogP contribution in [0.2, 0.25) is 0 Å². The molecule has 1 aromatic rings. The van der Waals surface area contributed by atoms with Gasteiger partial charge < -0.3 is 19.3 Å². The molecule has 1 unspecified atom stereocenters. The normalized spacial score (nSPS) is 24.2. The summed E-state index contributed by atoms with van der Waals surface area (Å²) < 4.78 is 16.9. The predicted molar refractivity (Wildman–Crippen MR) is 87.8 cm³/mol. The molecular weight excluding hydrogens is 326 g/mol. The van der Waals surface area contributed by atoms with Gasteiger partial charge in [0, 0.05) is 11.8 Å². The van der Waals surface area contributed by atoms with Crippen molar-refractivity contribution in [1.29, 1.82) is 0 Å². The topological polar surface area (TPSA) is 85.3 Å². The van der Waals surface area contributed by atoms with E-state index in [9.17, 15) is 14.7 Å². The molecule has 7 nitrogen and oxygen atoms in total. The fraction of sp³-hybridized carbons (Fsp3) is 0.556. The minimum atomic E-state index is -1.09. The van der Waals surface area contributed by atoms with Gasteiger partial charge in [0.1, 0.15) is 12.6 Å². The first-order valence-electron chi connectivity index (χ1n) is 8.28. The van der Waals surface area contributed by atoms with Crippen molar-refractivity contribution in [2.75, 3.05) is 19.8 Å². The average Bonchev–Trinajstić information content (AvgIpc) is 2.97. The molecule has 1 N–H and O–H groups in total. The Morgan fingerprint density at radius 1 is 1.24 bits per heavy atom. The van der Waals surface area contributed by atoms with E-state index in [1.807, 2.05) is 44.2 Å². The number of amides is 1. The molecule has 0 bridgehead atoms. The van der Waals surface area contributed by atoms with Crippen molar-refractivity contribution in [3.8, 4) is 0 Å². The number of ether oxygens (including phenoxy) is 3. The number of carbonyl (C=O) groups is 2. The van der Waals surface area contributed by atoms with Gasteiger partial charge in [0.2, 0.25) is 0 Å². The van der Waals surface area contributed by atoms with E-state index >= 15 is 0 Å². The molecule has 136 valence electrons. The van der Waals surface area contributed by atoms with Gasteiger partial charge in [0.25, 0.3) is 0 Å². The molecule has 2 aliphatic rings. The number of carboxylic acid groups (broad SMARTS) is 1. The van der Waals surface area contributed by atoms with Crippen LogP contribution < -0.4 is 0 Å². The molecule has 1 amide bonds. The van der Waals surface area contributed by atoms with E-state index < -0.39 is 23.9 Å². The number of benzene rings is 1. The largest absolute Gasteiger partial charge is 0.480 e. The summed E-state index contributed by atoms with van der Waals surface area (Å²) in [5.74, 6) is -2.16. The van der Waals surface area contributed by atoms with Gasteiger partial charge in [-0.05, 0) is 5.56 Å². The van der Waals surface area contributed by atoms with Gasteiger partial charge in [-0.2, -0.15) is 0 Å². The first kappa shape index (κ1) is 17.7. The Morgan fingerprint density at radius 2 is 1.88 bits per heavy atom. The second-order valence-electron chi connectivity index (χ2n) is 7.38. The Balaban J connectivity index is 1.66. The minimum absolute atomic E-state index is 0.0493. The van der Waals surface area contributed by atoms with Crippen LogP contribution in [0, 0.1) is 5.41 Å². The van der Waals surface area contributed by atoms with Gasteiger partial charge >= 0.3 is 12.1 Å². The number of aliphatic carboxylic acids is 1. The molecule has 25 heavy (non-hydrogen) atoms. The lowest BCUT2D eigenvalue weighted by Crippen LogP contribution is -2.49. The molecule has 0 saturated carbocycles. The van der Waals surface area contributed by atoms with Gasteiger partial charge in [-0.3, -0.25) is 4.90 Å². The molecular formula is C18H23NO6. The molecule has 2 fully saturated rings. The van der Waals surface area contributed by atoms with E-state index in [0.29, 0.717) is 13.2 Å². The zero-order valence-corrected chi connectivity index (χ0v) is 14.4. The highest BCUT2D eigenvalue weighted by atomic mass is 16.7. The van der Waals surface area contributed by atoms with Crippen LogP contribution in [0.25, 0.3) is 0 Å². The second-order valence-corrected chi connectivity index (χ2v) is 7.38. The van der Waals surface area contributed by atoms with Crippen LogP contribution in [-0.2, 0) is 25.6 Å². The summed E-state index contributed by atoms with van der Waals surface area (Å²) in [5, 5.41) is 9.47. The Kier molecular flexibility index (Phi) is 4.71. The summed E-state index contributed by atoms with van der Waals surface area (Å²) in [4.78, 5) is 25.2. The first-order valence-corrected chi connectivity index (χ1v) is 8.28. The van der Waals surface area contributed by atoms with Crippen LogP contribution >= 0.6 is 0 Å². The molecule has 2 heterocycles. The second kappa shape index (κ2) is 6.65. The summed E-state index contributed by atoms with van der Waals surface area (Å²) in [7, 11) is 0. The molecule has 1 spiro atoms. The zero-order chi connectivity index (χ0) is 18.1. The highest BCUT2D eigenvalue weighted by molar-refractivity contribution is 5.81. The monoisotopic (exact) mass is 349 g/mol. The Hall–Kier alpha value is -2.12. The third kappa shape index (κ3) is 3.93. The van der Waals surface area contributed by atoms with Crippen LogP contribution in [0.15, 0.2) is 30.3 Å². The van der Waals surface area contributed by atoms with E-state index in [1.54, 1.807) is 0 Å². The van der Waals surface area contributed by atoms with E-state index in [1.165, 1.54) is 4.90 Å². The molecule has 0 aliphatic carbocycles. The molecule has 3 rings (SSSR count). The number of hydrogen-bond donors (Lipinski definition) is 1. The Labute approximate surface area is 146 Å². The molecule has 1 aromatic carbocycles. The van der Waals surface area contributed by atoms with Crippen molar-refractivity contribution in [1.82, 2.24) is 4.90 Å². The van der Waals surface area contributed by atoms with Crippen LogP contribution in [0.4, 0.5) is 4.79 Å². The lowest BCUT2D eigenvalue weighted by atomic mass is 9.94. The fourth-order valence-corrected chi connectivity index (χ4v) is 3.00. The summed E-state index contributed by atoms with van der Waals surface area (Å²) in [6, 6.07) is 8.21. The maximum Gasteiger partial charge on any atom is 0.411 e. The molecule has 2 aliphatic heterocycles. The number of hydrogen-bond acceptors (Lipinski definition) is 5. The third-order valence-electron chi connectivity index (χ3n) is 4.47. The molecule has 0 aromatic heterocycles. The van der Waals surface area contributed by atoms with Crippen molar-refractivity contribution in [3.05, 3.63) is 35.9 Å². The van der Waals surface area contributed by atoms with E-state index in [2.05, 4.69) is 0 Å². The van der Waals surface area contributed by atoms with Gasteiger partial charge in [-0.25, -0.2) is 9.59 Å². The number of likely N-dealkylation sites (tertiary alicyclic amines) is 1. The smallest absolute Gasteiger partial charge is 0.411 e. The molecule has 1 atom stereocenters. The zero-order valence-electron chi connectivity index (χ0n) is 14.4. The fourth-order valence-electron chi connectivity index (χ4n) is 3.00. The highest BCUT2D eigenvalue weighted by Crippen LogP contribution is 2.38. The average molecular weight is 349 g/mol. The van der Waals surface area contributed by atoms with Crippen LogP contribution in [0.1, 0.15) is 25.8 Å². The van der Waals surface area contributed by atoms with E-state index in [0.717, 1.165) is 5.56 Å². The number of rotatable bonds is 3. The lowest BCUT2D eigenvalue weighted by Gasteiger charge is -2.41. The van der Waals surface area contributed by atoms with Crippen LogP contribution in [0.5, 0.6) is 0 Å². The van der Waals surface area contributed by atoms with Crippen molar-refractivity contribution in [3.63, 3.8) is 0 Å². The van der Waals surface area contributed by atoms with Gasteiger partial charge in [-0.1, -0.05) is 44.2 Å². The number of carbonyl (C=O) groups excluding carboxylic acids is 1. The lowest BCUT2D eigenvalue weighted by molar-refractivity contribution is -0.290. The van der Waals surface area contributed by atoms with Gasteiger partial charge in [0.05, 0.1) is 19.8 Å². The Morgan fingerprint density at radius 3 is 2.48 bits per heavy atom. The number of nitrogens with zero attached hydrogens (tertiary/aromatic N) is 1. The quantitative estimate of drug-likeness (QED) is 0.901. The van der Waals surface area contributed by atoms with Crippen molar-refractivity contribution in [2.24, 2.45) is 5.41 Å².